The van der Waals surface area contributed by atoms with Gasteiger partial charge in [0, 0.05) is 0 Å². The highest BCUT2D eigenvalue weighted by molar-refractivity contribution is 5.93. The summed E-state index contributed by atoms with van der Waals surface area (Å²) in [7, 11) is 0. The molecule has 0 spiro atoms. The van der Waals surface area contributed by atoms with Crippen LogP contribution in [0.2, 0.25) is 0 Å². The van der Waals surface area contributed by atoms with Crippen molar-refractivity contribution in [3.8, 4) is 5.75 Å². The molecule has 2 atom stereocenters. The number of unbranched alkanes of at least 4 members (excludes halogenated alkanes) is 1. The van der Waals surface area contributed by atoms with E-state index in [0.29, 0.717) is 6.42 Å². The molecule has 0 heterocycles. The highest BCUT2D eigenvalue weighted by Gasteiger charge is 2.35. The number of ketones is 1. The zero-order valence-electron chi connectivity index (χ0n) is 14.2. The van der Waals surface area contributed by atoms with Crippen LogP contribution in [-0.2, 0) is 9.53 Å². The molecule has 0 fully saturated rings. The molecule has 0 amide bonds. The van der Waals surface area contributed by atoms with Crippen molar-refractivity contribution in [3.63, 3.8) is 0 Å². The molecule has 6 heteroatoms. The summed E-state index contributed by atoms with van der Waals surface area (Å²) < 4.78 is 4.97. The number of esters is 1. The first-order valence-electron chi connectivity index (χ1n) is 8.18. The average molecular weight is 338 g/mol. The Morgan fingerprint density at radius 2 is 1.83 bits per heavy atom. The van der Waals surface area contributed by atoms with Gasteiger partial charge in [-0.25, -0.2) is 4.79 Å². The molecule has 3 N–H and O–H groups in total. The van der Waals surface area contributed by atoms with Gasteiger partial charge in [-0.2, -0.15) is 0 Å². The molecule has 6 nitrogen and oxygen atoms in total. The Balaban J connectivity index is 2.66. The maximum atomic E-state index is 12.3. The SMILES string of the molecule is CCCC[C@](O)(CC[C@@H](C)O)C(=O)COC(=O)c1ccc(O)cc1. The van der Waals surface area contributed by atoms with Gasteiger partial charge in [-0.15, -0.1) is 0 Å². The van der Waals surface area contributed by atoms with Gasteiger partial charge in [-0.05, 0) is 50.5 Å². The number of carbonyl (C=O) groups excluding carboxylic acids is 2. The summed E-state index contributed by atoms with van der Waals surface area (Å²) in [6, 6.07) is 5.47. The van der Waals surface area contributed by atoms with E-state index in [-0.39, 0.29) is 30.6 Å². The molecule has 1 aromatic rings. The van der Waals surface area contributed by atoms with E-state index < -0.39 is 30.1 Å². The normalized spacial score (nSPS) is 14.7. The van der Waals surface area contributed by atoms with E-state index >= 15 is 0 Å². The molecule has 0 saturated heterocycles. The number of aromatic hydroxyl groups is 1. The maximum absolute atomic E-state index is 12.3. The summed E-state index contributed by atoms with van der Waals surface area (Å²) in [5.41, 5.74) is -1.39. The lowest BCUT2D eigenvalue weighted by Crippen LogP contribution is -2.42. The van der Waals surface area contributed by atoms with Gasteiger partial charge in [0.15, 0.2) is 6.61 Å². The molecule has 0 aliphatic carbocycles. The minimum absolute atomic E-state index is 0.0229. The van der Waals surface area contributed by atoms with Crippen LogP contribution in [0, 0.1) is 0 Å². The van der Waals surface area contributed by atoms with Gasteiger partial charge in [0.2, 0.25) is 5.78 Å². The van der Waals surface area contributed by atoms with E-state index in [1.165, 1.54) is 24.3 Å². The van der Waals surface area contributed by atoms with E-state index in [0.717, 1.165) is 6.42 Å². The fourth-order valence-electron chi connectivity index (χ4n) is 2.27. The van der Waals surface area contributed by atoms with Crippen LogP contribution in [-0.4, -0.2) is 45.4 Å². The van der Waals surface area contributed by atoms with E-state index in [9.17, 15) is 24.9 Å². The number of hydrogen-bond donors (Lipinski definition) is 3. The third kappa shape index (κ3) is 6.29. The first-order chi connectivity index (χ1) is 11.3. The van der Waals surface area contributed by atoms with Crippen molar-refractivity contribution >= 4 is 11.8 Å². The van der Waals surface area contributed by atoms with Crippen LogP contribution in [0.4, 0.5) is 0 Å². The Morgan fingerprint density at radius 1 is 1.21 bits per heavy atom. The largest absolute Gasteiger partial charge is 0.508 e. The molecular weight excluding hydrogens is 312 g/mol. The lowest BCUT2D eigenvalue weighted by molar-refractivity contribution is -0.142. The number of Topliss-reactive ketones (excluding diaryl/α,β-unsaturated/α-hetero) is 1. The van der Waals surface area contributed by atoms with Crippen molar-refractivity contribution in [1.82, 2.24) is 0 Å². The van der Waals surface area contributed by atoms with Crippen molar-refractivity contribution in [2.75, 3.05) is 6.61 Å². The molecule has 0 saturated carbocycles. The van der Waals surface area contributed by atoms with E-state index in [1.807, 2.05) is 6.92 Å². The van der Waals surface area contributed by atoms with E-state index in [4.69, 9.17) is 4.74 Å². The summed E-state index contributed by atoms with van der Waals surface area (Å²) in [4.78, 5) is 24.2. The van der Waals surface area contributed by atoms with Crippen LogP contribution in [0.5, 0.6) is 5.75 Å². The smallest absolute Gasteiger partial charge is 0.338 e. The van der Waals surface area contributed by atoms with Crippen molar-refractivity contribution < 1.29 is 29.6 Å². The first-order valence-corrected chi connectivity index (χ1v) is 8.18. The molecule has 134 valence electrons. The zero-order valence-corrected chi connectivity index (χ0v) is 14.2. The number of phenols is 1. The Hall–Kier alpha value is -1.92. The summed E-state index contributed by atoms with van der Waals surface area (Å²) in [5, 5.41) is 29.2. The Morgan fingerprint density at radius 3 is 2.38 bits per heavy atom. The highest BCUT2D eigenvalue weighted by atomic mass is 16.5. The van der Waals surface area contributed by atoms with Gasteiger partial charge < -0.3 is 20.1 Å². The highest BCUT2D eigenvalue weighted by Crippen LogP contribution is 2.23. The molecule has 0 radical (unpaired) electrons. The number of aliphatic hydroxyl groups is 2. The molecule has 1 aromatic carbocycles. The number of aliphatic hydroxyl groups excluding tert-OH is 1. The molecule has 24 heavy (non-hydrogen) atoms. The molecule has 0 unspecified atom stereocenters. The van der Waals surface area contributed by atoms with Gasteiger partial charge in [-0.1, -0.05) is 19.8 Å². The quantitative estimate of drug-likeness (QED) is 0.565. The number of benzene rings is 1. The Kier molecular flexibility index (Phi) is 7.88. The molecule has 0 aromatic heterocycles. The lowest BCUT2D eigenvalue weighted by atomic mass is 9.86. The molecule has 1 rings (SSSR count). The Bertz CT molecular complexity index is 537. The zero-order chi connectivity index (χ0) is 18.2. The number of carbonyl (C=O) groups is 2. The van der Waals surface area contributed by atoms with Crippen LogP contribution in [0.1, 0.15) is 56.3 Å². The van der Waals surface area contributed by atoms with Crippen LogP contribution in [0.3, 0.4) is 0 Å². The predicted octanol–water partition coefficient (Wildman–Crippen LogP) is 2.20. The minimum Gasteiger partial charge on any atom is -0.508 e. The van der Waals surface area contributed by atoms with Crippen LogP contribution in [0.15, 0.2) is 24.3 Å². The van der Waals surface area contributed by atoms with Crippen LogP contribution >= 0.6 is 0 Å². The van der Waals surface area contributed by atoms with Gasteiger partial charge in [0.05, 0.1) is 11.7 Å². The number of hydrogen-bond acceptors (Lipinski definition) is 6. The van der Waals surface area contributed by atoms with Crippen LogP contribution < -0.4 is 0 Å². The van der Waals surface area contributed by atoms with Crippen molar-refractivity contribution in [2.24, 2.45) is 0 Å². The van der Waals surface area contributed by atoms with Gasteiger partial charge >= 0.3 is 5.97 Å². The standard InChI is InChI=1S/C18H26O6/c1-3-4-10-18(23,11-9-13(2)19)16(21)12-24-17(22)14-5-7-15(20)8-6-14/h5-8,13,19-20,23H,3-4,9-12H2,1-2H3/t13-,18+/m1/s1. The second-order valence-corrected chi connectivity index (χ2v) is 6.07. The number of phenolic OH excluding ortho intramolecular Hbond substituents is 1. The van der Waals surface area contributed by atoms with Crippen molar-refractivity contribution in [3.05, 3.63) is 29.8 Å². The third-order valence-corrected chi connectivity index (χ3v) is 3.88. The second-order valence-electron chi connectivity index (χ2n) is 6.07. The molecule has 0 aliphatic rings. The fourth-order valence-corrected chi connectivity index (χ4v) is 2.27. The molecule has 0 bridgehead atoms. The number of ether oxygens (including phenoxy) is 1. The Labute approximate surface area is 142 Å². The van der Waals surface area contributed by atoms with Gasteiger partial charge in [0.25, 0.3) is 0 Å². The minimum atomic E-state index is -1.60. The summed E-state index contributed by atoms with van der Waals surface area (Å²) in [6.07, 6.45) is 1.54. The summed E-state index contributed by atoms with van der Waals surface area (Å²) in [6.45, 7) is 3.01. The molecular formula is C18H26O6. The van der Waals surface area contributed by atoms with Gasteiger partial charge in [-0.3, -0.25) is 4.79 Å². The first kappa shape index (κ1) is 20.1. The van der Waals surface area contributed by atoms with Gasteiger partial charge in [0.1, 0.15) is 11.4 Å². The fraction of sp³-hybridized carbons (Fsp3) is 0.556. The van der Waals surface area contributed by atoms with Crippen molar-refractivity contribution in [1.29, 1.82) is 0 Å². The van der Waals surface area contributed by atoms with Crippen LogP contribution in [0.25, 0.3) is 0 Å². The van der Waals surface area contributed by atoms with E-state index in [2.05, 4.69) is 0 Å². The average Bonchev–Trinajstić information content (AvgIpc) is 2.56. The van der Waals surface area contributed by atoms with Crippen molar-refractivity contribution in [2.45, 2.75) is 57.7 Å². The maximum Gasteiger partial charge on any atom is 0.338 e. The predicted molar refractivity (Wildman–Crippen MR) is 88.8 cm³/mol. The lowest BCUT2D eigenvalue weighted by Gasteiger charge is -2.27. The van der Waals surface area contributed by atoms with E-state index in [1.54, 1.807) is 6.92 Å². The summed E-state index contributed by atoms with van der Waals surface area (Å²) >= 11 is 0. The number of rotatable bonds is 10. The topological polar surface area (TPSA) is 104 Å². The second kappa shape index (κ2) is 9.39. The molecule has 0 aliphatic heterocycles. The summed E-state index contributed by atoms with van der Waals surface area (Å²) in [5.74, 6) is -1.24. The monoisotopic (exact) mass is 338 g/mol. The third-order valence-electron chi connectivity index (χ3n) is 3.88.